The van der Waals surface area contributed by atoms with Gasteiger partial charge in [0.2, 0.25) is 0 Å². The highest BCUT2D eigenvalue weighted by atomic mass is 19.4. The lowest BCUT2D eigenvalue weighted by atomic mass is 9.88. The second-order valence-corrected chi connectivity index (χ2v) is 10.9. The fourth-order valence-electron chi connectivity index (χ4n) is 6.18. The summed E-state index contributed by atoms with van der Waals surface area (Å²) in [6, 6.07) is 9.76. The molecule has 0 bridgehead atoms. The molecule has 2 aromatic carbocycles. The number of piperidine rings is 1. The SMILES string of the molecule is C[C@@H]1Cc2c([nH]c3ccccc23)[C@@H](c2ccc(NC3CCN(CCCF)CC3)cc2OC(F)(F)F)N1CC(F)(F)F. The second kappa shape index (κ2) is 11.7. The number of ether oxygens (including phenoxy) is 1. The number of hydrogen-bond donors (Lipinski definition) is 2. The largest absolute Gasteiger partial charge is 0.573 e. The predicted molar refractivity (Wildman–Crippen MR) is 143 cm³/mol. The van der Waals surface area contributed by atoms with Gasteiger partial charge >= 0.3 is 12.5 Å². The number of anilines is 1. The van der Waals surface area contributed by atoms with Gasteiger partial charge in [-0.25, -0.2) is 0 Å². The molecule has 3 aromatic rings. The highest BCUT2D eigenvalue weighted by Crippen LogP contribution is 2.46. The van der Waals surface area contributed by atoms with Crippen molar-refractivity contribution in [2.45, 2.75) is 63.3 Å². The predicted octanol–water partition coefficient (Wildman–Crippen LogP) is 7.20. The van der Waals surface area contributed by atoms with Gasteiger partial charge in [0.05, 0.1) is 19.3 Å². The summed E-state index contributed by atoms with van der Waals surface area (Å²) in [6.45, 7) is 2.11. The molecule has 0 radical (unpaired) electrons. The summed E-state index contributed by atoms with van der Waals surface area (Å²) in [5.41, 5.74) is 2.31. The number of aromatic amines is 1. The number of rotatable bonds is 8. The van der Waals surface area contributed by atoms with E-state index in [1.54, 1.807) is 25.1 Å². The first kappa shape index (κ1) is 29.5. The first-order valence-electron chi connectivity index (χ1n) is 13.8. The van der Waals surface area contributed by atoms with E-state index in [1.165, 1.54) is 17.0 Å². The van der Waals surface area contributed by atoms with Gasteiger partial charge in [-0.05, 0) is 50.3 Å². The van der Waals surface area contributed by atoms with E-state index in [2.05, 4.69) is 19.9 Å². The number of halogens is 7. The van der Waals surface area contributed by atoms with Gasteiger partial charge in [-0.3, -0.25) is 9.29 Å². The van der Waals surface area contributed by atoms with E-state index in [-0.39, 0.29) is 18.3 Å². The molecule has 1 fully saturated rings. The molecule has 5 nitrogen and oxygen atoms in total. The number of aromatic nitrogens is 1. The zero-order valence-electron chi connectivity index (χ0n) is 22.6. The molecule has 0 spiro atoms. The number of fused-ring (bicyclic) bond motifs is 3. The van der Waals surface area contributed by atoms with Gasteiger partial charge in [-0.2, -0.15) is 13.2 Å². The quantitative estimate of drug-likeness (QED) is 0.274. The fourth-order valence-corrected chi connectivity index (χ4v) is 6.18. The van der Waals surface area contributed by atoms with Crippen LogP contribution >= 0.6 is 0 Å². The minimum absolute atomic E-state index is 0.00229. The van der Waals surface area contributed by atoms with Crippen LogP contribution in [-0.4, -0.2) is 72.3 Å². The molecule has 2 N–H and O–H groups in total. The maximum absolute atomic E-state index is 13.8. The van der Waals surface area contributed by atoms with Crippen molar-refractivity contribution in [1.29, 1.82) is 0 Å². The standard InChI is InChI=1S/C29H33F7N4O/c1-18-15-23-21-5-2-3-6-24(21)38-26(23)27(40(18)17-28(31,32)33)22-8-7-20(16-25(22)41-29(34,35)36)37-19-9-13-39(14-10-19)12-4-11-30/h2-3,5-8,16,18-19,27,37-38H,4,9-15,17H2,1H3/t18-,27-/m1/s1. The lowest BCUT2D eigenvalue weighted by Crippen LogP contribution is -2.47. The Labute approximate surface area is 233 Å². The van der Waals surface area contributed by atoms with Crippen molar-refractivity contribution in [2.24, 2.45) is 0 Å². The molecule has 3 heterocycles. The summed E-state index contributed by atoms with van der Waals surface area (Å²) in [7, 11) is 0. The van der Waals surface area contributed by atoms with Crippen LogP contribution in [0.1, 0.15) is 49.0 Å². The number of likely N-dealkylation sites (tertiary alicyclic amines) is 1. The van der Waals surface area contributed by atoms with Crippen LogP contribution in [0.2, 0.25) is 0 Å². The fraction of sp³-hybridized carbons (Fsp3) is 0.517. The Balaban J connectivity index is 1.51. The number of hydrogen-bond acceptors (Lipinski definition) is 4. The summed E-state index contributed by atoms with van der Waals surface area (Å²) in [5, 5.41) is 4.10. The first-order chi connectivity index (χ1) is 19.4. The van der Waals surface area contributed by atoms with Crippen molar-refractivity contribution in [3.8, 4) is 5.75 Å². The molecule has 12 heteroatoms. The molecule has 2 aliphatic rings. The van der Waals surface area contributed by atoms with Crippen molar-refractivity contribution >= 4 is 16.6 Å². The van der Waals surface area contributed by atoms with Crippen molar-refractivity contribution in [3.63, 3.8) is 0 Å². The first-order valence-corrected chi connectivity index (χ1v) is 13.8. The second-order valence-electron chi connectivity index (χ2n) is 10.9. The van der Waals surface area contributed by atoms with Crippen LogP contribution < -0.4 is 10.1 Å². The number of nitrogens with zero attached hydrogens (tertiary/aromatic N) is 2. The van der Waals surface area contributed by atoms with Crippen molar-refractivity contribution in [2.75, 3.05) is 38.2 Å². The van der Waals surface area contributed by atoms with Crippen molar-refractivity contribution in [3.05, 3.63) is 59.3 Å². The Kier molecular flexibility index (Phi) is 8.43. The highest BCUT2D eigenvalue weighted by Gasteiger charge is 2.44. The normalized spacial score (nSPS) is 21.3. The van der Waals surface area contributed by atoms with E-state index >= 15 is 0 Å². The summed E-state index contributed by atoms with van der Waals surface area (Å²) < 4.78 is 99.3. The molecule has 1 aromatic heterocycles. The third kappa shape index (κ3) is 6.91. The Morgan fingerprint density at radius 3 is 2.44 bits per heavy atom. The van der Waals surface area contributed by atoms with Crippen LogP contribution in [0.3, 0.4) is 0 Å². The van der Waals surface area contributed by atoms with Crippen LogP contribution in [-0.2, 0) is 6.42 Å². The minimum Gasteiger partial charge on any atom is -0.405 e. The summed E-state index contributed by atoms with van der Waals surface area (Å²) in [4.78, 5) is 6.54. The molecule has 41 heavy (non-hydrogen) atoms. The van der Waals surface area contributed by atoms with E-state index in [0.29, 0.717) is 36.3 Å². The molecule has 5 rings (SSSR count). The van der Waals surface area contributed by atoms with Crippen LogP contribution in [0, 0.1) is 0 Å². The van der Waals surface area contributed by atoms with Gasteiger partial charge in [0.1, 0.15) is 5.75 Å². The number of H-pyrrole nitrogens is 1. The van der Waals surface area contributed by atoms with Crippen molar-refractivity contribution < 1.29 is 35.5 Å². The molecule has 1 saturated heterocycles. The lowest BCUT2D eigenvalue weighted by Gasteiger charge is -2.41. The van der Waals surface area contributed by atoms with Crippen molar-refractivity contribution in [1.82, 2.24) is 14.8 Å². The molecule has 0 amide bonds. The molecule has 224 valence electrons. The Bertz CT molecular complexity index is 1330. The number of alkyl halides is 7. The molecule has 0 saturated carbocycles. The molecule has 0 aliphatic carbocycles. The Morgan fingerprint density at radius 2 is 1.76 bits per heavy atom. The molecule has 0 unspecified atom stereocenters. The zero-order valence-corrected chi connectivity index (χ0v) is 22.6. The van der Waals surface area contributed by atoms with Gasteiger partial charge in [0.15, 0.2) is 0 Å². The molecular weight excluding hydrogens is 553 g/mol. The highest BCUT2D eigenvalue weighted by molar-refractivity contribution is 5.85. The number of benzene rings is 2. The zero-order chi connectivity index (χ0) is 29.4. The molecule has 2 aliphatic heterocycles. The number of nitrogens with one attached hydrogen (secondary N) is 2. The van der Waals surface area contributed by atoms with Gasteiger partial charge in [-0.1, -0.05) is 24.3 Å². The third-order valence-electron chi connectivity index (χ3n) is 7.98. The van der Waals surface area contributed by atoms with E-state index in [9.17, 15) is 30.7 Å². The summed E-state index contributed by atoms with van der Waals surface area (Å²) >= 11 is 0. The molecular formula is C29H33F7N4O. The van der Waals surface area contributed by atoms with Gasteiger partial charge < -0.3 is 19.9 Å². The lowest BCUT2D eigenvalue weighted by molar-refractivity contribution is -0.275. The summed E-state index contributed by atoms with van der Waals surface area (Å²) in [6.07, 6.45) is -7.40. The van der Waals surface area contributed by atoms with Crippen LogP contribution in [0.15, 0.2) is 42.5 Å². The van der Waals surface area contributed by atoms with E-state index < -0.39 is 36.9 Å². The average molecular weight is 587 g/mol. The maximum Gasteiger partial charge on any atom is 0.573 e. The van der Waals surface area contributed by atoms with Crippen LogP contribution in [0.4, 0.5) is 36.4 Å². The minimum atomic E-state index is -5.05. The topological polar surface area (TPSA) is 43.5 Å². The van der Waals surface area contributed by atoms with E-state index in [1.807, 2.05) is 12.1 Å². The monoisotopic (exact) mass is 586 g/mol. The average Bonchev–Trinajstić information content (AvgIpc) is 3.26. The van der Waals surface area contributed by atoms with Gasteiger partial charge in [-0.15, -0.1) is 13.2 Å². The Morgan fingerprint density at radius 1 is 1.02 bits per heavy atom. The van der Waals surface area contributed by atoms with E-state index in [0.717, 1.165) is 36.9 Å². The smallest absolute Gasteiger partial charge is 0.405 e. The number of para-hydroxylation sites is 1. The van der Waals surface area contributed by atoms with E-state index in [4.69, 9.17) is 0 Å². The van der Waals surface area contributed by atoms with Gasteiger partial charge in [0.25, 0.3) is 0 Å². The van der Waals surface area contributed by atoms with Crippen LogP contribution in [0.25, 0.3) is 10.9 Å². The summed E-state index contributed by atoms with van der Waals surface area (Å²) in [5.74, 6) is -0.543. The Hall–Kier alpha value is -2.99. The maximum atomic E-state index is 13.8. The van der Waals surface area contributed by atoms with Gasteiger partial charge in [0, 0.05) is 65.6 Å². The van der Waals surface area contributed by atoms with Crippen LogP contribution in [0.5, 0.6) is 5.75 Å². The molecule has 2 atom stereocenters. The third-order valence-corrected chi connectivity index (χ3v) is 7.98.